The molecule has 0 bridgehead atoms. The van der Waals surface area contributed by atoms with Gasteiger partial charge in [-0.15, -0.1) is 29.8 Å². The topological polar surface area (TPSA) is 46.5 Å². The van der Waals surface area contributed by atoms with Crippen LogP contribution in [0.4, 0.5) is 0 Å². The van der Waals surface area contributed by atoms with Crippen molar-refractivity contribution in [2.45, 2.75) is 4.84 Å². The third-order valence-corrected chi connectivity index (χ3v) is 3.90. The Balaban J connectivity index is 3.71. The Morgan fingerprint density at radius 3 is 2.75 bits per heavy atom. The van der Waals surface area contributed by atoms with E-state index in [1.54, 1.807) is 0 Å². The van der Waals surface area contributed by atoms with Gasteiger partial charge >= 0.3 is 6.80 Å². The molecule has 1 atom stereocenters. The quantitative estimate of drug-likeness (QED) is 0.448. The Kier molecular flexibility index (Phi) is 6.73. The van der Waals surface area contributed by atoms with Gasteiger partial charge in [0, 0.05) is 5.75 Å². The van der Waals surface area contributed by atoms with E-state index in [1.807, 2.05) is 0 Å². The molecule has 0 aliphatic heterocycles. The summed E-state index contributed by atoms with van der Waals surface area (Å²) in [7, 11) is 0. The lowest BCUT2D eigenvalue weighted by atomic mass is 10.8. The molecule has 0 aromatic rings. The molecule has 0 aromatic carbocycles. The van der Waals surface area contributed by atoms with Crippen LogP contribution in [0.25, 0.3) is 0 Å². The highest BCUT2D eigenvalue weighted by molar-refractivity contribution is 8.54. The second kappa shape index (κ2) is 6.30. The van der Waals surface area contributed by atoms with E-state index < -0.39 is 11.6 Å². The fourth-order valence-electron chi connectivity index (χ4n) is 0.335. The summed E-state index contributed by atoms with van der Waals surface area (Å²) in [5, 5.41) is 0. The highest BCUT2D eigenvalue weighted by Gasteiger charge is 2.20. The number of halogens is 2. The third-order valence-electron chi connectivity index (χ3n) is 0.719. The lowest BCUT2D eigenvalue weighted by Crippen LogP contribution is -1.99. The van der Waals surface area contributed by atoms with E-state index in [9.17, 15) is 4.57 Å². The Bertz CT molecular complexity index is 188. The van der Waals surface area contributed by atoms with Crippen LogP contribution >= 0.6 is 41.4 Å². The van der Waals surface area contributed by atoms with Gasteiger partial charge in [-0.25, -0.2) is 4.57 Å². The van der Waals surface area contributed by atoms with E-state index in [2.05, 4.69) is 11.1 Å². The Labute approximate surface area is 85.4 Å². The maximum absolute atomic E-state index is 11.0. The molecular weight excluding hydrogens is 242 g/mol. The first kappa shape index (κ1) is 12.8. The summed E-state index contributed by atoms with van der Waals surface area (Å²) in [4.78, 5) is 8.24. The number of hydrogen-bond acceptors (Lipinski definition) is 3. The highest BCUT2D eigenvalue weighted by Crippen LogP contribution is 2.55. The van der Waals surface area contributed by atoms with Crippen molar-refractivity contribution in [3.05, 3.63) is 12.7 Å². The zero-order valence-electron chi connectivity index (χ0n) is 6.15. The van der Waals surface area contributed by atoms with Gasteiger partial charge in [-0.3, -0.25) is 4.52 Å². The molecule has 0 aromatic heterocycles. The smallest absolute Gasteiger partial charge is 0.316 e. The van der Waals surface area contributed by atoms with Crippen LogP contribution in [0, 0.1) is 0 Å². The molecular formula is C5H9Cl2O3PS. The monoisotopic (exact) mass is 250 g/mol. The summed E-state index contributed by atoms with van der Waals surface area (Å²) in [5.74, 6) is 0.350. The third kappa shape index (κ3) is 7.47. The minimum atomic E-state index is -3.59. The number of hydrogen-bond donors (Lipinski definition) is 1. The summed E-state index contributed by atoms with van der Waals surface area (Å²) in [5.41, 5.74) is 0. The van der Waals surface area contributed by atoms with Crippen LogP contribution in [0.15, 0.2) is 12.7 Å². The summed E-state index contributed by atoms with van der Waals surface area (Å²) in [6.45, 7) is -0.340. The molecule has 0 amide bonds. The summed E-state index contributed by atoms with van der Waals surface area (Å²) < 4.78 is 15.6. The lowest BCUT2D eigenvalue weighted by molar-refractivity contribution is 0.287. The van der Waals surface area contributed by atoms with Crippen LogP contribution in [0.2, 0.25) is 0 Å². The molecule has 0 spiro atoms. The van der Waals surface area contributed by atoms with Gasteiger partial charge in [-0.2, -0.15) is 0 Å². The molecule has 3 nitrogen and oxygen atoms in total. The SMILES string of the molecule is C=CCSP(=O)(O)OCC(Cl)Cl. The van der Waals surface area contributed by atoms with Crippen molar-refractivity contribution in [2.24, 2.45) is 0 Å². The molecule has 0 aliphatic rings. The first-order valence-corrected chi connectivity index (χ1v) is 7.03. The zero-order valence-corrected chi connectivity index (χ0v) is 9.37. The van der Waals surface area contributed by atoms with Crippen molar-refractivity contribution in [2.75, 3.05) is 12.4 Å². The molecule has 1 N–H and O–H groups in total. The fraction of sp³-hybridized carbons (Fsp3) is 0.600. The van der Waals surface area contributed by atoms with Gasteiger partial charge in [-0.05, 0) is 11.4 Å². The van der Waals surface area contributed by atoms with Crippen molar-refractivity contribution in [3.8, 4) is 0 Å². The van der Waals surface area contributed by atoms with Crippen molar-refractivity contribution in [3.63, 3.8) is 0 Å². The zero-order chi connectivity index (χ0) is 9.61. The molecule has 1 unspecified atom stereocenters. The maximum atomic E-state index is 11.0. The molecule has 0 radical (unpaired) electrons. The van der Waals surface area contributed by atoms with Crippen LogP contribution in [-0.4, -0.2) is 22.1 Å². The first-order chi connectivity index (χ1) is 5.48. The fourth-order valence-corrected chi connectivity index (χ4v) is 2.63. The molecule has 0 fully saturated rings. The van der Waals surface area contributed by atoms with E-state index >= 15 is 0 Å². The normalized spacial score (nSPS) is 16.0. The van der Waals surface area contributed by atoms with Crippen molar-refractivity contribution < 1.29 is 14.0 Å². The van der Waals surface area contributed by atoms with E-state index in [0.29, 0.717) is 5.75 Å². The predicted octanol–water partition coefficient (Wildman–Crippen LogP) is 2.83. The van der Waals surface area contributed by atoms with E-state index in [-0.39, 0.29) is 6.61 Å². The van der Waals surface area contributed by atoms with Gasteiger partial charge < -0.3 is 4.89 Å². The lowest BCUT2D eigenvalue weighted by Gasteiger charge is -2.09. The van der Waals surface area contributed by atoms with E-state index in [4.69, 9.17) is 28.1 Å². The van der Waals surface area contributed by atoms with Crippen molar-refractivity contribution >= 4 is 41.4 Å². The number of alkyl halides is 2. The van der Waals surface area contributed by atoms with Gasteiger partial charge in [0.15, 0.2) is 0 Å². The van der Waals surface area contributed by atoms with Gasteiger partial charge in [0.05, 0.1) is 6.61 Å². The molecule has 0 aliphatic carbocycles. The number of rotatable bonds is 6. The molecule has 72 valence electrons. The highest BCUT2D eigenvalue weighted by atomic mass is 35.5. The van der Waals surface area contributed by atoms with Crippen LogP contribution in [-0.2, 0) is 9.09 Å². The van der Waals surface area contributed by atoms with Crippen LogP contribution < -0.4 is 0 Å². The molecule has 0 rings (SSSR count). The average molecular weight is 251 g/mol. The van der Waals surface area contributed by atoms with Crippen molar-refractivity contribution in [1.82, 2.24) is 0 Å². The van der Waals surface area contributed by atoms with Gasteiger partial charge in [0.1, 0.15) is 4.84 Å². The minimum absolute atomic E-state index is 0.152. The van der Waals surface area contributed by atoms with Crippen LogP contribution in [0.3, 0.4) is 0 Å². The van der Waals surface area contributed by atoms with Gasteiger partial charge in [-0.1, -0.05) is 6.08 Å². The summed E-state index contributed by atoms with van der Waals surface area (Å²) in [6.07, 6.45) is 1.51. The largest absolute Gasteiger partial charge is 0.386 e. The second-order valence-corrected chi connectivity index (χ2v) is 6.96. The average Bonchev–Trinajstić information content (AvgIpc) is 1.98. The molecule has 12 heavy (non-hydrogen) atoms. The van der Waals surface area contributed by atoms with E-state index in [0.717, 1.165) is 11.4 Å². The molecule has 0 saturated heterocycles. The van der Waals surface area contributed by atoms with Gasteiger partial charge in [0.2, 0.25) is 0 Å². The summed E-state index contributed by atoms with van der Waals surface area (Å²) in [6, 6.07) is 0. The predicted molar refractivity (Wildman–Crippen MR) is 53.9 cm³/mol. The van der Waals surface area contributed by atoms with Gasteiger partial charge in [0.25, 0.3) is 0 Å². The maximum Gasteiger partial charge on any atom is 0.386 e. The second-order valence-electron chi connectivity index (χ2n) is 1.74. The first-order valence-electron chi connectivity index (χ1n) is 2.99. The minimum Gasteiger partial charge on any atom is -0.316 e. The molecule has 7 heteroatoms. The molecule has 0 saturated carbocycles. The summed E-state index contributed by atoms with van der Waals surface area (Å²) >= 11 is 11.4. The van der Waals surface area contributed by atoms with E-state index in [1.165, 1.54) is 6.08 Å². The Morgan fingerprint density at radius 1 is 1.75 bits per heavy atom. The van der Waals surface area contributed by atoms with Crippen molar-refractivity contribution in [1.29, 1.82) is 0 Å². The Morgan fingerprint density at radius 2 is 2.33 bits per heavy atom. The van der Waals surface area contributed by atoms with Crippen LogP contribution in [0.5, 0.6) is 0 Å². The Hall–Kier alpha value is 0.820. The van der Waals surface area contributed by atoms with Crippen LogP contribution in [0.1, 0.15) is 0 Å². The molecule has 0 heterocycles. The standard InChI is InChI=1S/C5H9Cl2O3PS/c1-2-3-12-11(8,9)10-4-5(6)7/h2,5H,1,3-4H2,(H,8,9).